The molecule has 0 saturated carbocycles. The monoisotopic (exact) mass is 240 g/mol. The van der Waals surface area contributed by atoms with Gasteiger partial charge in [0.25, 0.3) is 0 Å². The molecule has 0 aliphatic carbocycles. The highest BCUT2D eigenvalue weighted by molar-refractivity contribution is 5.69. The topological polar surface area (TPSA) is 46.5 Å². The van der Waals surface area contributed by atoms with Gasteiger partial charge in [-0.15, -0.1) is 0 Å². The summed E-state index contributed by atoms with van der Waals surface area (Å²) in [4.78, 5) is 10.8. The molecule has 0 aromatic heterocycles. The Bertz CT molecular complexity index is 439. The van der Waals surface area contributed by atoms with Crippen molar-refractivity contribution in [1.82, 2.24) is 0 Å². The minimum absolute atomic E-state index is 0.128. The second-order valence-corrected chi connectivity index (χ2v) is 4.78. The highest BCUT2D eigenvalue weighted by atomic mass is 19.1. The van der Waals surface area contributed by atoms with Crippen molar-refractivity contribution in [3.8, 4) is 5.75 Å². The molecule has 1 aromatic rings. The third kappa shape index (κ3) is 2.96. The SMILES string of the molecule is COc1cc(C)cc(C(C)(C)CC(=O)O)c1F. The fourth-order valence-electron chi connectivity index (χ4n) is 1.85. The van der Waals surface area contributed by atoms with E-state index in [9.17, 15) is 9.18 Å². The summed E-state index contributed by atoms with van der Waals surface area (Å²) in [6.45, 7) is 5.24. The Morgan fingerprint density at radius 2 is 2.06 bits per heavy atom. The van der Waals surface area contributed by atoms with E-state index < -0.39 is 17.2 Å². The maximum absolute atomic E-state index is 14.1. The van der Waals surface area contributed by atoms with Gasteiger partial charge in [0.2, 0.25) is 0 Å². The Morgan fingerprint density at radius 1 is 1.47 bits per heavy atom. The minimum atomic E-state index is -0.949. The average molecular weight is 240 g/mol. The van der Waals surface area contributed by atoms with Crippen molar-refractivity contribution >= 4 is 5.97 Å². The molecule has 0 radical (unpaired) electrons. The molecule has 3 nitrogen and oxygen atoms in total. The van der Waals surface area contributed by atoms with E-state index in [0.29, 0.717) is 5.56 Å². The second-order valence-electron chi connectivity index (χ2n) is 4.78. The first-order valence-corrected chi connectivity index (χ1v) is 5.34. The predicted molar refractivity (Wildman–Crippen MR) is 63.0 cm³/mol. The summed E-state index contributed by atoms with van der Waals surface area (Å²) in [5.41, 5.74) is 0.448. The van der Waals surface area contributed by atoms with Crippen molar-refractivity contribution in [3.05, 3.63) is 29.1 Å². The van der Waals surface area contributed by atoms with Crippen LogP contribution in [0.4, 0.5) is 4.39 Å². The number of halogens is 1. The van der Waals surface area contributed by atoms with E-state index in [1.54, 1.807) is 26.0 Å². The van der Waals surface area contributed by atoms with Gasteiger partial charge in [-0.2, -0.15) is 0 Å². The number of rotatable bonds is 4. The fraction of sp³-hybridized carbons (Fsp3) is 0.462. The Balaban J connectivity index is 3.29. The normalized spacial score (nSPS) is 11.4. The summed E-state index contributed by atoms with van der Waals surface area (Å²) >= 11 is 0. The first-order chi connectivity index (χ1) is 7.77. The van der Waals surface area contributed by atoms with Crippen LogP contribution in [0.5, 0.6) is 5.75 Å². The molecule has 1 aromatic carbocycles. The molecule has 0 saturated heterocycles. The van der Waals surface area contributed by atoms with Gasteiger partial charge in [-0.3, -0.25) is 4.79 Å². The molecule has 0 fully saturated rings. The standard InChI is InChI=1S/C13H17FO3/c1-8-5-9(12(14)10(6-8)17-4)13(2,3)7-11(15)16/h5-6H,7H2,1-4H3,(H,15,16). The Kier molecular flexibility index (Phi) is 3.76. The maximum atomic E-state index is 14.1. The van der Waals surface area contributed by atoms with E-state index in [1.165, 1.54) is 7.11 Å². The molecule has 1 rings (SSSR count). The van der Waals surface area contributed by atoms with E-state index in [1.807, 2.05) is 6.92 Å². The number of carbonyl (C=O) groups is 1. The number of hydrogen-bond donors (Lipinski definition) is 1. The smallest absolute Gasteiger partial charge is 0.304 e. The number of benzene rings is 1. The molecule has 0 bridgehead atoms. The molecular formula is C13H17FO3. The van der Waals surface area contributed by atoms with Gasteiger partial charge in [0.05, 0.1) is 13.5 Å². The molecular weight excluding hydrogens is 223 g/mol. The van der Waals surface area contributed by atoms with Gasteiger partial charge >= 0.3 is 5.97 Å². The minimum Gasteiger partial charge on any atom is -0.494 e. The zero-order chi connectivity index (χ0) is 13.2. The van der Waals surface area contributed by atoms with Crippen molar-refractivity contribution in [1.29, 1.82) is 0 Å². The van der Waals surface area contributed by atoms with E-state index in [2.05, 4.69) is 0 Å². The van der Waals surface area contributed by atoms with Gasteiger partial charge in [0.15, 0.2) is 11.6 Å². The summed E-state index contributed by atoms with van der Waals surface area (Å²) in [6, 6.07) is 3.26. The van der Waals surface area contributed by atoms with E-state index in [4.69, 9.17) is 9.84 Å². The summed E-state index contributed by atoms with van der Waals surface area (Å²) in [6.07, 6.45) is -0.128. The zero-order valence-corrected chi connectivity index (χ0v) is 10.5. The van der Waals surface area contributed by atoms with Gasteiger partial charge in [0, 0.05) is 5.41 Å². The van der Waals surface area contributed by atoms with Gasteiger partial charge in [-0.1, -0.05) is 19.9 Å². The molecule has 0 heterocycles. The molecule has 1 N–H and O–H groups in total. The number of aryl methyl sites for hydroxylation is 1. The van der Waals surface area contributed by atoms with E-state index in [-0.39, 0.29) is 12.2 Å². The molecule has 0 aliphatic rings. The van der Waals surface area contributed by atoms with Crippen LogP contribution in [0.25, 0.3) is 0 Å². The molecule has 4 heteroatoms. The number of ether oxygens (including phenoxy) is 1. The molecule has 0 amide bonds. The van der Waals surface area contributed by atoms with Crippen molar-refractivity contribution in [2.24, 2.45) is 0 Å². The summed E-state index contributed by atoms with van der Waals surface area (Å²) in [5.74, 6) is -1.28. The van der Waals surface area contributed by atoms with Gasteiger partial charge in [-0.25, -0.2) is 4.39 Å². The van der Waals surface area contributed by atoms with Crippen LogP contribution in [0.2, 0.25) is 0 Å². The van der Waals surface area contributed by atoms with Gasteiger partial charge in [0.1, 0.15) is 0 Å². The Morgan fingerprint density at radius 3 is 2.53 bits per heavy atom. The van der Waals surface area contributed by atoms with Crippen LogP contribution in [-0.4, -0.2) is 18.2 Å². The van der Waals surface area contributed by atoms with Gasteiger partial charge in [-0.05, 0) is 24.1 Å². The highest BCUT2D eigenvalue weighted by Gasteiger charge is 2.29. The van der Waals surface area contributed by atoms with Crippen LogP contribution < -0.4 is 4.74 Å². The van der Waals surface area contributed by atoms with Crippen LogP contribution in [0.15, 0.2) is 12.1 Å². The Hall–Kier alpha value is -1.58. The molecule has 0 spiro atoms. The highest BCUT2D eigenvalue weighted by Crippen LogP contribution is 2.34. The van der Waals surface area contributed by atoms with E-state index in [0.717, 1.165) is 5.56 Å². The molecule has 17 heavy (non-hydrogen) atoms. The molecule has 94 valence electrons. The first kappa shape index (κ1) is 13.5. The number of hydrogen-bond acceptors (Lipinski definition) is 2. The lowest BCUT2D eigenvalue weighted by Crippen LogP contribution is -2.23. The fourth-order valence-corrected chi connectivity index (χ4v) is 1.85. The van der Waals surface area contributed by atoms with Gasteiger partial charge < -0.3 is 9.84 Å². The lowest BCUT2D eigenvalue weighted by molar-refractivity contribution is -0.138. The summed E-state index contributed by atoms with van der Waals surface area (Å²) in [7, 11) is 1.39. The van der Waals surface area contributed by atoms with Crippen molar-refractivity contribution in [3.63, 3.8) is 0 Å². The third-order valence-electron chi connectivity index (χ3n) is 2.73. The number of methoxy groups -OCH3 is 1. The van der Waals surface area contributed by atoms with Crippen molar-refractivity contribution < 1.29 is 19.0 Å². The number of aliphatic carboxylic acids is 1. The summed E-state index contributed by atoms with van der Waals surface area (Å²) < 4.78 is 19.0. The lowest BCUT2D eigenvalue weighted by Gasteiger charge is -2.25. The molecule has 0 unspecified atom stereocenters. The van der Waals surface area contributed by atoms with E-state index >= 15 is 0 Å². The first-order valence-electron chi connectivity index (χ1n) is 5.34. The second kappa shape index (κ2) is 4.73. The maximum Gasteiger partial charge on any atom is 0.304 e. The lowest BCUT2D eigenvalue weighted by atomic mass is 9.80. The quantitative estimate of drug-likeness (QED) is 0.880. The molecule has 0 atom stereocenters. The van der Waals surface area contributed by atoms with Crippen molar-refractivity contribution in [2.75, 3.05) is 7.11 Å². The van der Waals surface area contributed by atoms with Crippen molar-refractivity contribution in [2.45, 2.75) is 32.6 Å². The zero-order valence-electron chi connectivity index (χ0n) is 10.5. The van der Waals surface area contributed by atoms with Crippen LogP contribution in [0.3, 0.4) is 0 Å². The molecule has 0 aliphatic heterocycles. The summed E-state index contributed by atoms with van der Waals surface area (Å²) in [5, 5.41) is 8.84. The van der Waals surface area contributed by atoms with Crippen LogP contribution >= 0.6 is 0 Å². The van der Waals surface area contributed by atoms with Crippen LogP contribution in [-0.2, 0) is 10.2 Å². The predicted octanol–water partition coefficient (Wildman–Crippen LogP) is 2.90. The number of carboxylic acids is 1. The van der Waals surface area contributed by atoms with Crippen LogP contribution in [0.1, 0.15) is 31.4 Å². The largest absolute Gasteiger partial charge is 0.494 e. The van der Waals surface area contributed by atoms with Crippen LogP contribution in [0, 0.1) is 12.7 Å². The Labute approximate surface area is 100 Å². The third-order valence-corrected chi connectivity index (χ3v) is 2.73. The average Bonchev–Trinajstić information content (AvgIpc) is 2.18. The number of carboxylic acid groups (broad SMARTS) is 1.